The molecule has 1 aliphatic rings. The standard InChI is InChI=1S/C24H22Si/c1-25(2)15-16-6-7-18-14-24-19(13-20(18)12-16)9-11-22-21-5-3-4-17(21)8-10-23(22)24/h3,5-14,25H,4,15H2,1-2H3. The average Bonchev–Trinajstić information content (AvgIpc) is 3.08. The number of benzene rings is 4. The van der Waals surface area contributed by atoms with E-state index >= 15 is 0 Å². The van der Waals surface area contributed by atoms with E-state index in [1.165, 1.54) is 55.1 Å². The molecule has 4 aromatic carbocycles. The fourth-order valence-electron chi connectivity index (χ4n) is 4.28. The molecule has 0 N–H and O–H groups in total. The monoisotopic (exact) mass is 338 g/mol. The van der Waals surface area contributed by atoms with Crippen molar-refractivity contribution in [1.29, 1.82) is 0 Å². The van der Waals surface area contributed by atoms with E-state index in [0.717, 1.165) is 6.42 Å². The molecule has 1 heteroatoms. The van der Waals surface area contributed by atoms with Crippen molar-refractivity contribution in [3.63, 3.8) is 0 Å². The van der Waals surface area contributed by atoms with Gasteiger partial charge >= 0.3 is 0 Å². The quantitative estimate of drug-likeness (QED) is 0.229. The van der Waals surface area contributed by atoms with Gasteiger partial charge in [0.15, 0.2) is 0 Å². The number of fused-ring (bicyclic) bond motifs is 6. The maximum atomic E-state index is 2.42. The average molecular weight is 339 g/mol. The smallest absolute Gasteiger partial charge is 0.0352 e. The molecule has 0 nitrogen and oxygen atoms in total. The van der Waals surface area contributed by atoms with Crippen LogP contribution in [0.3, 0.4) is 0 Å². The highest BCUT2D eigenvalue weighted by Gasteiger charge is 2.11. The van der Waals surface area contributed by atoms with Crippen molar-refractivity contribution in [3.05, 3.63) is 77.4 Å². The molecular formula is C24H22Si. The lowest BCUT2D eigenvalue weighted by Crippen LogP contribution is -2.04. The van der Waals surface area contributed by atoms with Gasteiger partial charge in [-0.2, -0.15) is 0 Å². The SMILES string of the molecule is C[SiH](C)Cc1ccc2cc3c(ccc4c5c(ccc43)CC=C5)cc2c1. The summed E-state index contributed by atoms with van der Waals surface area (Å²) < 4.78 is 0. The van der Waals surface area contributed by atoms with Gasteiger partial charge < -0.3 is 0 Å². The van der Waals surface area contributed by atoms with E-state index in [-0.39, 0.29) is 0 Å². The molecule has 0 bridgehead atoms. The van der Waals surface area contributed by atoms with E-state index in [1.807, 2.05) is 0 Å². The zero-order valence-corrected chi connectivity index (χ0v) is 16.0. The number of allylic oxidation sites excluding steroid dienone is 1. The van der Waals surface area contributed by atoms with Gasteiger partial charge in [-0.25, -0.2) is 0 Å². The molecule has 25 heavy (non-hydrogen) atoms. The van der Waals surface area contributed by atoms with Gasteiger partial charge in [0.05, 0.1) is 0 Å². The molecule has 0 spiro atoms. The molecule has 5 rings (SSSR count). The summed E-state index contributed by atoms with van der Waals surface area (Å²) in [4.78, 5) is 0. The van der Waals surface area contributed by atoms with Gasteiger partial charge in [0.1, 0.15) is 0 Å². The fraction of sp³-hybridized carbons (Fsp3) is 0.167. The molecule has 0 aliphatic heterocycles. The molecule has 0 atom stereocenters. The Kier molecular flexibility index (Phi) is 3.32. The fourth-order valence-corrected chi connectivity index (χ4v) is 5.48. The van der Waals surface area contributed by atoms with Crippen LogP contribution >= 0.6 is 0 Å². The van der Waals surface area contributed by atoms with Crippen LogP contribution in [0.5, 0.6) is 0 Å². The van der Waals surface area contributed by atoms with E-state index < -0.39 is 8.80 Å². The highest BCUT2D eigenvalue weighted by molar-refractivity contribution is 6.55. The van der Waals surface area contributed by atoms with Gasteiger partial charge in [0.2, 0.25) is 0 Å². The second kappa shape index (κ2) is 5.57. The maximum absolute atomic E-state index is 2.42. The van der Waals surface area contributed by atoms with Crippen molar-refractivity contribution < 1.29 is 0 Å². The zero-order valence-electron chi connectivity index (χ0n) is 14.8. The van der Waals surface area contributed by atoms with Gasteiger partial charge in [0, 0.05) is 8.80 Å². The first-order chi connectivity index (χ1) is 12.2. The highest BCUT2D eigenvalue weighted by Crippen LogP contribution is 2.35. The Morgan fingerprint density at radius 3 is 2.48 bits per heavy atom. The third kappa shape index (κ3) is 2.42. The van der Waals surface area contributed by atoms with E-state index in [1.54, 1.807) is 0 Å². The lowest BCUT2D eigenvalue weighted by Gasteiger charge is -2.11. The van der Waals surface area contributed by atoms with Crippen molar-refractivity contribution >= 4 is 47.2 Å². The lowest BCUT2D eigenvalue weighted by atomic mass is 9.94. The van der Waals surface area contributed by atoms with Crippen LogP contribution < -0.4 is 0 Å². The summed E-state index contributed by atoms with van der Waals surface area (Å²) in [5, 5.41) is 8.22. The second-order valence-corrected chi connectivity index (χ2v) is 11.0. The first-order valence-corrected chi connectivity index (χ1v) is 12.4. The van der Waals surface area contributed by atoms with Crippen molar-refractivity contribution in [2.45, 2.75) is 25.6 Å². The Bertz CT molecular complexity index is 1170. The van der Waals surface area contributed by atoms with E-state index in [0.29, 0.717) is 0 Å². The molecule has 0 saturated heterocycles. The van der Waals surface area contributed by atoms with Crippen LogP contribution in [0, 0.1) is 0 Å². The first-order valence-electron chi connectivity index (χ1n) is 9.26. The molecule has 4 aromatic rings. The third-order valence-corrected chi connectivity index (χ3v) is 6.72. The van der Waals surface area contributed by atoms with E-state index in [9.17, 15) is 0 Å². The Labute approximate surface area is 150 Å². The summed E-state index contributed by atoms with van der Waals surface area (Å²) in [6, 6.07) is 22.3. The Balaban J connectivity index is 1.78. The lowest BCUT2D eigenvalue weighted by molar-refractivity contribution is 1.32. The van der Waals surface area contributed by atoms with Gasteiger partial charge in [-0.3, -0.25) is 0 Å². The van der Waals surface area contributed by atoms with E-state index in [4.69, 9.17) is 0 Å². The molecule has 0 radical (unpaired) electrons. The summed E-state index contributed by atoms with van der Waals surface area (Å²) in [5.74, 6) is 0. The minimum absolute atomic E-state index is 0.575. The first kappa shape index (κ1) is 14.9. The molecular weight excluding hydrogens is 316 g/mol. The van der Waals surface area contributed by atoms with Crippen LogP contribution in [0.25, 0.3) is 38.4 Å². The Morgan fingerprint density at radius 1 is 0.760 bits per heavy atom. The van der Waals surface area contributed by atoms with Gasteiger partial charge in [-0.15, -0.1) is 0 Å². The molecule has 122 valence electrons. The minimum Gasteiger partial charge on any atom is -0.0795 e. The molecule has 0 fully saturated rings. The molecule has 0 saturated carbocycles. The van der Waals surface area contributed by atoms with Crippen molar-refractivity contribution in [2.75, 3.05) is 0 Å². The van der Waals surface area contributed by atoms with Gasteiger partial charge in [-0.05, 0) is 68.0 Å². The largest absolute Gasteiger partial charge is 0.0795 e. The maximum Gasteiger partial charge on any atom is 0.0352 e. The van der Waals surface area contributed by atoms with Crippen molar-refractivity contribution in [3.8, 4) is 0 Å². The predicted octanol–water partition coefficient (Wildman–Crippen LogP) is 6.28. The minimum atomic E-state index is -0.575. The van der Waals surface area contributed by atoms with Gasteiger partial charge in [0.25, 0.3) is 0 Å². The number of hydrogen-bond acceptors (Lipinski definition) is 0. The third-order valence-electron chi connectivity index (χ3n) is 5.44. The van der Waals surface area contributed by atoms with Crippen LogP contribution in [0.2, 0.25) is 13.1 Å². The van der Waals surface area contributed by atoms with Crippen LogP contribution in [-0.4, -0.2) is 8.80 Å². The summed E-state index contributed by atoms with van der Waals surface area (Å²) in [6.07, 6.45) is 5.63. The molecule has 0 amide bonds. The molecule has 0 aromatic heterocycles. The summed E-state index contributed by atoms with van der Waals surface area (Å²) in [7, 11) is -0.575. The van der Waals surface area contributed by atoms with Crippen molar-refractivity contribution in [2.24, 2.45) is 0 Å². The zero-order chi connectivity index (χ0) is 17.0. The van der Waals surface area contributed by atoms with E-state index in [2.05, 4.69) is 79.8 Å². The molecule has 1 aliphatic carbocycles. The topological polar surface area (TPSA) is 0 Å². The normalized spacial score (nSPS) is 13.4. The van der Waals surface area contributed by atoms with Crippen LogP contribution in [0.4, 0.5) is 0 Å². The highest BCUT2D eigenvalue weighted by atomic mass is 28.3. The number of rotatable bonds is 2. The molecule has 0 unspecified atom stereocenters. The van der Waals surface area contributed by atoms with Crippen molar-refractivity contribution in [1.82, 2.24) is 0 Å². The number of hydrogen-bond donors (Lipinski definition) is 0. The second-order valence-electron chi connectivity index (χ2n) is 7.76. The molecule has 0 heterocycles. The van der Waals surface area contributed by atoms with Crippen LogP contribution in [0.15, 0.2) is 60.7 Å². The Hall–Kier alpha value is -2.38. The summed E-state index contributed by atoms with van der Waals surface area (Å²) >= 11 is 0. The Morgan fingerprint density at radius 2 is 1.60 bits per heavy atom. The van der Waals surface area contributed by atoms with Crippen LogP contribution in [-0.2, 0) is 12.5 Å². The van der Waals surface area contributed by atoms with Crippen LogP contribution in [0.1, 0.15) is 16.7 Å². The van der Waals surface area contributed by atoms with Gasteiger partial charge in [-0.1, -0.05) is 73.3 Å². The summed E-state index contributed by atoms with van der Waals surface area (Å²) in [5.41, 5.74) is 4.36. The predicted molar refractivity (Wildman–Crippen MR) is 114 cm³/mol. The summed E-state index contributed by atoms with van der Waals surface area (Å²) in [6.45, 7) is 4.84.